The number of para-hydroxylation sites is 3. The summed E-state index contributed by atoms with van der Waals surface area (Å²) in [4.78, 5) is 2.24. The molecule has 0 atom stereocenters. The largest absolute Gasteiger partial charge is 0.454 e. The van der Waals surface area contributed by atoms with Crippen LogP contribution in [-0.2, 0) is 5.41 Å². The number of benzene rings is 9. The molecule has 13 rings (SSSR count). The van der Waals surface area contributed by atoms with Crippen LogP contribution in [0.4, 0.5) is 17.1 Å². The highest BCUT2D eigenvalue weighted by atomic mass is 16.6. The summed E-state index contributed by atoms with van der Waals surface area (Å²) in [5.74, 6) is 2.66. The Balaban J connectivity index is 1.01. The van der Waals surface area contributed by atoms with E-state index in [1.54, 1.807) is 0 Å². The summed E-state index contributed by atoms with van der Waals surface area (Å²) in [6.07, 6.45) is 0. The molecule has 2 heterocycles. The van der Waals surface area contributed by atoms with Crippen LogP contribution in [0.2, 0.25) is 0 Å². The Morgan fingerprint density at radius 2 is 0.949 bits per heavy atom. The molecule has 0 bridgehead atoms. The van der Waals surface area contributed by atoms with Crippen molar-refractivity contribution in [3.05, 3.63) is 222 Å². The Bertz CT molecular complexity index is 3300. The molecular formula is C55H33NO3. The van der Waals surface area contributed by atoms with Crippen LogP contribution in [-0.4, -0.2) is 0 Å². The highest BCUT2D eigenvalue weighted by Crippen LogP contribution is 2.65. The third kappa shape index (κ3) is 4.43. The van der Waals surface area contributed by atoms with Crippen molar-refractivity contribution < 1.29 is 13.9 Å². The zero-order chi connectivity index (χ0) is 38.7. The Morgan fingerprint density at radius 1 is 0.373 bits per heavy atom. The van der Waals surface area contributed by atoms with Crippen LogP contribution in [0.5, 0.6) is 23.0 Å². The summed E-state index contributed by atoms with van der Waals surface area (Å²) in [7, 11) is 0. The van der Waals surface area contributed by atoms with Gasteiger partial charge < -0.3 is 18.8 Å². The van der Waals surface area contributed by atoms with E-state index in [1.165, 1.54) is 38.9 Å². The molecule has 0 N–H and O–H groups in total. The Hall–Kier alpha value is -7.82. The van der Waals surface area contributed by atoms with Crippen LogP contribution in [0.15, 0.2) is 205 Å². The van der Waals surface area contributed by atoms with Crippen LogP contribution >= 0.6 is 0 Å². The van der Waals surface area contributed by atoms with Gasteiger partial charge in [0.25, 0.3) is 0 Å². The Labute approximate surface area is 340 Å². The second-order valence-electron chi connectivity index (χ2n) is 15.5. The molecule has 59 heavy (non-hydrogen) atoms. The maximum atomic E-state index is 7.20. The first-order chi connectivity index (χ1) is 29.3. The molecule has 10 aromatic rings. The van der Waals surface area contributed by atoms with E-state index in [9.17, 15) is 0 Å². The number of nitrogens with zero attached hydrogens (tertiary/aromatic N) is 1. The first kappa shape index (κ1) is 32.3. The van der Waals surface area contributed by atoms with Gasteiger partial charge in [0, 0.05) is 16.5 Å². The topological polar surface area (TPSA) is 34.8 Å². The molecule has 9 aromatic carbocycles. The number of furan rings is 1. The van der Waals surface area contributed by atoms with Gasteiger partial charge in [-0.2, -0.15) is 0 Å². The molecule has 1 aliphatic heterocycles. The van der Waals surface area contributed by atoms with Crippen LogP contribution < -0.4 is 14.4 Å². The van der Waals surface area contributed by atoms with Gasteiger partial charge in [0.15, 0.2) is 28.6 Å². The molecule has 1 aromatic heterocycles. The molecule has 0 saturated heterocycles. The van der Waals surface area contributed by atoms with Gasteiger partial charge in [-0.25, -0.2) is 0 Å². The fraction of sp³-hybridized carbons (Fsp3) is 0.0182. The number of hydrogen-bond acceptors (Lipinski definition) is 4. The summed E-state index contributed by atoms with van der Waals surface area (Å²) in [5.41, 5.74) is 16.1. The van der Waals surface area contributed by atoms with Gasteiger partial charge in [-0.1, -0.05) is 152 Å². The minimum Gasteiger partial charge on any atom is -0.454 e. The third-order valence-electron chi connectivity index (χ3n) is 12.5. The number of ether oxygens (including phenoxy) is 2. The van der Waals surface area contributed by atoms with Gasteiger partial charge in [0.1, 0.15) is 5.58 Å². The second-order valence-corrected chi connectivity index (χ2v) is 15.5. The first-order valence-electron chi connectivity index (χ1n) is 20.1. The maximum absolute atomic E-state index is 7.20. The van der Waals surface area contributed by atoms with Crippen molar-refractivity contribution in [3.8, 4) is 56.4 Å². The van der Waals surface area contributed by atoms with E-state index in [0.29, 0.717) is 23.0 Å². The average Bonchev–Trinajstić information content (AvgIpc) is 3.93. The van der Waals surface area contributed by atoms with Gasteiger partial charge in [-0.15, -0.1) is 0 Å². The van der Waals surface area contributed by atoms with Crippen molar-refractivity contribution in [2.75, 3.05) is 4.90 Å². The van der Waals surface area contributed by atoms with Crippen molar-refractivity contribution in [2.24, 2.45) is 0 Å². The minimum atomic E-state index is -0.499. The number of hydrogen-bond donors (Lipinski definition) is 0. The lowest BCUT2D eigenvalue weighted by Crippen LogP contribution is -2.25. The SMILES string of the molecule is c1ccc(-c2ccc(N(c3cccc4c3Oc3cc5c(cc3O4)-c3ccccc3C53c4ccccc4-c4ccccc43)c3cccc4c3oc3ccccc34)cc2)cc1. The second kappa shape index (κ2) is 12.1. The zero-order valence-electron chi connectivity index (χ0n) is 31.7. The standard InChI is InChI=1S/C55H33NO3/c1-2-14-34(15-3-1)35-28-30-36(31-29-35)56(47-24-12-20-41-40-19-7-11-26-49(40)58-53(41)47)48-25-13-27-50-54(48)59-52-33-46-42(32-51(52)57-50)39-18-6-10-23-45(39)55(46)43-21-8-4-16-37(43)38-17-5-9-22-44(38)55/h1-33H. The van der Waals surface area contributed by atoms with E-state index in [-0.39, 0.29) is 0 Å². The van der Waals surface area contributed by atoms with E-state index in [2.05, 4.69) is 175 Å². The number of anilines is 3. The highest BCUT2D eigenvalue weighted by molar-refractivity contribution is 6.10. The van der Waals surface area contributed by atoms with Gasteiger partial charge in [-0.05, 0) is 104 Å². The molecule has 0 saturated carbocycles. The summed E-state index contributed by atoms with van der Waals surface area (Å²) < 4.78 is 20.8. The molecule has 4 heteroatoms. The molecule has 0 amide bonds. The molecular weight excluding hydrogens is 723 g/mol. The quantitative estimate of drug-likeness (QED) is 0.179. The summed E-state index contributed by atoms with van der Waals surface area (Å²) in [5, 5.41) is 2.13. The molecule has 276 valence electrons. The Kier molecular flexibility index (Phi) is 6.62. The summed E-state index contributed by atoms with van der Waals surface area (Å²) in [6.45, 7) is 0. The molecule has 2 aliphatic carbocycles. The van der Waals surface area contributed by atoms with Crippen LogP contribution in [0.25, 0.3) is 55.3 Å². The summed E-state index contributed by atoms with van der Waals surface area (Å²) >= 11 is 0. The normalized spacial score (nSPS) is 13.5. The van der Waals surface area contributed by atoms with Gasteiger partial charge in [0.2, 0.25) is 0 Å². The average molecular weight is 756 g/mol. The van der Waals surface area contributed by atoms with Crippen LogP contribution in [0, 0.1) is 0 Å². The zero-order valence-corrected chi connectivity index (χ0v) is 31.7. The monoisotopic (exact) mass is 755 g/mol. The number of fused-ring (bicyclic) bond motifs is 15. The van der Waals surface area contributed by atoms with Crippen LogP contribution in [0.3, 0.4) is 0 Å². The van der Waals surface area contributed by atoms with Gasteiger partial charge in [-0.3, -0.25) is 0 Å². The van der Waals surface area contributed by atoms with Gasteiger partial charge >= 0.3 is 0 Å². The lowest BCUT2D eigenvalue weighted by atomic mass is 9.70. The predicted molar refractivity (Wildman–Crippen MR) is 237 cm³/mol. The highest BCUT2D eigenvalue weighted by Gasteiger charge is 2.52. The molecule has 1 spiro atoms. The van der Waals surface area contributed by atoms with Crippen LogP contribution in [0.1, 0.15) is 22.3 Å². The van der Waals surface area contributed by atoms with E-state index in [4.69, 9.17) is 13.9 Å². The Morgan fingerprint density at radius 3 is 1.69 bits per heavy atom. The number of rotatable bonds is 4. The van der Waals surface area contributed by atoms with Crippen molar-refractivity contribution in [2.45, 2.75) is 5.41 Å². The molecule has 0 unspecified atom stereocenters. The molecule has 0 fully saturated rings. The van der Waals surface area contributed by atoms with E-state index >= 15 is 0 Å². The minimum absolute atomic E-state index is 0.499. The van der Waals surface area contributed by atoms with Crippen molar-refractivity contribution >= 4 is 39.0 Å². The predicted octanol–water partition coefficient (Wildman–Crippen LogP) is 15.0. The smallest absolute Gasteiger partial charge is 0.194 e. The fourth-order valence-corrected chi connectivity index (χ4v) is 10.1. The lowest BCUT2D eigenvalue weighted by molar-refractivity contribution is 0.360. The van der Waals surface area contributed by atoms with E-state index < -0.39 is 5.41 Å². The van der Waals surface area contributed by atoms with Gasteiger partial charge in [0.05, 0.1) is 16.8 Å². The maximum Gasteiger partial charge on any atom is 0.194 e. The molecule has 3 aliphatic rings. The molecule has 4 nitrogen and oxygen atoms in total. The van der Waals surface area contributed by atoms with E-state index in [0.717, 1.165) is 55.7 Å². The molecule has 0 radical (unpaired) electrons. The van der Waals surface area contributed by atoms with Crippen molar-refractivity contribution in [3.63, 3.8) is 0 Å². The third-order valence-corrected chi connectivity index (χ3v) is 12.5. The lowest BCUT2D eigenvalue weighted by Gasteiger charge is -2.32. The fourth-order valence-electron chi connectivity index (χ4n) is 10.1. The van der Waals surface area contributed by atoms with Crippen molar-refractivity contribution in [1.82, 2.24) is 0 Å². The first-order valence-corrected chi connectivity index (χ1v) is 20.1. The van der Waals surface area contributed by atoms with E-state index in [1.807, 2.05) is 30.3 Å². The van der Waals surface area contributed by atoms with Crippen molar-refractivity contribution in [1.29, 1.82) is 0 Å². The summed E-state index contributed by atoms with van der Waals surface area (Å²) in [6, 6.07) is 70.9.